The minimum atomic E-state index is 0.464. The molecule has 0 bridgehead atoms. The third-order valence-corrected chi connectivity index (χ3v) is 6.43. The van der Waals surface area contributed by atoms with Gasteiger partial charge in [0.2, 0.25) is 0 Å². The van der Waals surface area contributed by atoms with Gasteiger partial charge < -0.3 is 9.47 Å². The van der Waals surface area contributed by atoms with E-state index in [0.29, 0.717) is 10.8 Å². The lowest BCUT2D eigenvalue weighted by atomic mass is 9.66. The van der Waals surface area contributed by atoms with Gasteiger partial charge in [-0.3, -0.25) is 0 Å². The summed E-state index contributed by atoms with van der Waals surface area (Å²) in [5.74, 6) is 1.63. The van der Waals surface area contributed by atoms with Gasteiger partial charge in [0.15, 0.2) is 0 Å². The van der Waals surface area contributed by atoms with E-state index in [4.69, 9.17) is 9.47 Å². The van der Waals surface area contributed by atoms with Gasteiger partial charge in [0.1, 0.15) is 0 Å². The van der Waals surface area contributed by atoms with Gasteiger partial charge in [0, 0.05) is 19.8 Å². The van der Waals surface area contributed by atoms with Gasteiger partial charge in [0.25, 0.3) is 0 Å². The normalized spacial score (nSPS) is 30.6. The second-order valence-corrected chi connectivity index (χ2v) is 7.83. The first kappa shape index (κ1) is 16.3. The first-order chi connectivity index (χ1) is 9.50. The van der Waals surface area contributed by atoms with E-state index in [0.717, 1.165) is 38.3 Å². The van der Waals surface area contributed by atoms with Crippen LogP contribution in [-0.2, 0) is 9.47 Å². The SMILES string of the molecule is CCC1(C(C)CCC(C)(C)C2CCOCC2)CCOC1. The van der Waals surface area contributed by atoms with Gasteiger partial charge in [-0.2, -0.15) is 0 Å². The van der Waals surface area contributed by atoms with Crippen LogP contribution in [-0.4, -0.2) is 26.4 Å². The summed E-state index contributed by atoms with van der Waals surface area (Å²) >= 11 is 0. The van der Waals surface area contributed by atoms with Crippen molar-refractivity contribution in [3.63, 3.8) is 0 Å². The van der Waals surface area contributed by atoms with E-state index in [1.165, 1.54) is 38.5 Å². The van der Waals surface area contributed by atoms with Gasteiger partial charge in [-0.15, -0.1) is 0 Å². The Morgan fingerprint density at radius 3 is 2.40 bits per heavy atom. The molecule has 2 unspecified atom stereocenters. The lowest BCUT2D eigenvalue weighted by Gasteiger charge is -2.40. The molecule has 2 heteroatoms. The van der Waals surface area contributed by atoms with Crippen LogP contribution in [0.1, 0.15) is 66.2 Å². The van der Waals surface area contributed by atoms with Crippen molar-refractivity contribution in [3.8, 4) is 0 Å². The van der Waals surface area contributed by atoms with Crippen molar-refractivity contribution in [3.05, 3.63) is 0 Å². The average molecular weight is 282 g/mol. The lowest BCUT2D eigenvalue weighted by Crippen LogP contribution is -2.33. The van der Waals surface area contributed by atoms with Gasteiger partial charge >= 0.3 is 0 Å². The highest BCUT2D eigenvalue weighted by atomic mass is 16.5. The quantitative estimate of drug-likeness (QED) is 0.704. The van der Waals surface area contributed by atoms with E-state index in [2.05, 4.69) is 27.7 Å². The molecule has 2 fully saturated rings. The van der Waals surface area contributed by atoms with E-state index in [1.807, 2.05) is 0 Å². The van der Waals surface area contributed by atoms with Crippen LogP contribution >= 0.6 is 0 Å². The molecular weight excluding hydrogens is 248 g/mol. The molecule has 2 aliphatic heterocycles. The summed E-state index contributed by atoms with van der Waals surface area (Å²) in [6.45, 7) is 13.6. The zero-order valence-electron chi connectivity index (χ0n) is 14.0. The van der Waals surface area contributed by atoms with E-state index in [-0.39, 0.29) is 0 Å². The van der Waals surface area contributed by atoms with Crippen LogP contribution in [0.25, 0.3) is 0 Å². The maximum absolute atomic E-state index is 5.70. The van der Waals surface area contributed by atoms with Crippen molar-refractivity contribution >= 4 is 0 Å². The fraction of sp³-hybridized carbons (Fsp3) is 1.00. The molecular formula is C18H34O2. The predicted octanol–water partition coefficient (Wildman–Crippen LogP) is 4.67. The molecule has 20 heavy (non-hydrogen) atoms. The Balaban J connectivity index is 1.86. The smallest absolute Gasteiger partial charge is 0.0525 e. The molecule has 2 atom stereocenters. The molecule has 0 aromatic heterocycles. The van der Waals surface area contributed by atoms with E-state index >= 15 is 0 Å². The van der Waals surface area contributed by atoms with Crippen LogP contribution < -0.4 is 0 Å². The summed E-state index contributed by atoms with van der Waals surface area (Å²) < 4.78 is 11.2. The monoisotopic (exact) mass is 282 g/mol. The molecule has 2 aliphatic rings. The Morgan fingerprint density at radius 2 is 1.85 bits per heavy atom. The molecule has 0 spiro atoms. The molecule has 0 aliphatic carbocycles. The Bertz CT molecular complexity index is 286. The van der Waals surface area contributed by atoms with E-state index in [1.54, 1.807) is 0 Å². The van der Waals surface area contributed by atoms with Crippen molar-refractivity contribution in [2.75, 3.05) is 26.4 Å². The maximum atomic E-state index is 5.70. The van der Waals surface area contributed by atoms with Crippen LogP contribution in [0.15, 0.2) is 0 Å². The molecule has 0 N–H and O–H groups in total. The number of rotatable bonds is 6. The molecule has 2 heterocycles. The summed E-state index contributed by atoms with van der Waals surface area (Å²) in [4.78, 5) is 0. The van der Waals surface area contributed by atoms with Gasteiger partial charge in [-0.25, -0.2) is 0 Å². The Kier molecular flexibility index (Phi) is 5.53. The predicted molar refractivity (Wildman–Crippen MR) is 83.9 cm³/mol. The third kappa shape index (κ3) is 3.57. The summed E-state index contributed by atoms with van der Waals surface area (Å²) in [6.07, 6.45) is 7.74. The van der Waals surface area contributed by atoms with Gasteiger partial charge in [0.05, 0.1) is 6.61 Å². The zero-order chi connectivity index (χ0) is 14.6. The molecule has 0 amide bonds. The van der Waals surface area contributed by atoms with Crippen molar-refractivity contribution in [1.82, 2.24) is 0 Å². The van der Waals surface area contributed by atoms with Crippen molar-refractivity contribution in [2.24, 2.45) is 22.7 Å². The second-order valence-electron chi connectivity index (χ2n) is 7.83. The minimum absolute atomic E-state index is 0.464. The van der Waals surface area contributed by atoms with E-state index in [9.17, 15) is 0 Å². The zero-order valence-corrected chi connectivity index (χ0v) is 14.0. The number of hydrogen-bond acceptors (Lipinski definition) is 2. The molecule has 0 aromatic rings. The largest absolute Gasteiger partial charge is 0.381 e. The third-order valence-electron chi connectivity index (χ3n) is 6.43. The Labute approximate surface area is 125 Å². The molecule has 118 valence electrons. The highest BCUT2D eigenvalue weighted by Crippen LogP contribution is 2.45. The Morgan fingerprint density at radius 1 is 1.15 bits per heavy atom. The number of hydrogen-bond donors (Lipinski definition) is 0. The average Bonchev–Trinajstić information content (AvgIpc) is 2.96. The topological polar surface area (TPSA) is 18.5 Å². The van der Waals surface area contributed by atoms with Crippen LogP contribution in [0.2, 0.25) is 0 Å². The van der Waals surface area contributed by atoms with Crippen molar-refractivity contribution in [2.45, 2.75) is 66.2 Å². The standard InChI is InChI=1S/C18H34O2/c1-5-18(10-13-20-14-18)15(2)6-9-17(3,4)16-7-11-19-12-8-16/h15-16H,5-14H2,1-4H3. The highest BCUT2D eigenvalue weighted by molar-refractivity contribution is 4.89. The van der Waals surface area contributed by atoms with Crippen LogP contribution in [0.4, 0.5) is 0 Å². The summed E-state index contributed by atoms with van der Waals surface area (Å²) in [5, 5.41) is 0. The molecule has 0 saturated carbocycles. The van der Waals surface area contributed by atoms with Crippen molar-refractivity contribution in [1.29, 1.82) is 0 Å². The van der Waals surface area contributed by atoms with Crippen LogP contribution in [0.5, 0.6) is 0 Å². The van der Waals surface area contributed by atoms with E-state index < -0.39 is 0 Å². The summed E-state index contributed by atoms with van der Waals surface area (Å²) in [7, 11) is 0. The van der Waals surface area contributed by atoms with Crippen LogP contribution in [0.3, 0.4) is 0 Å². The van der Waals surface area contributed by atoms with Crippen LogP contribution in [0, 0.1) is 22.7 Å². The molecule has 0 aromatic carbocycles. The Hall–Kier alpha value is -0.0800. The highest BCUT2D eigenvalue weighted by Gasteiger charge is 2.39. The van der Waals surface area contributed by atoms with Gasteiger partial charge in [-0.05, 0) is 61.2 Å². The fourth-order valence-corrected chi connectivity index (χ4v) is 4.22. The molecule has 0 radical (unpaired) electrons. The second kappa shape index (κ2) is 6.79. The first-order valence-corrected chi connectivity index (χ1v) is 8.66. The lowest BCUT2D eigenvalue weighted by molar-refractivity contribution is 0.0136. The number of ether oxygens (including phenoxy) is 2. The maximum Gasteiger partial charge on any atom is 0.0525 e. The van der Waals surface area contributed by atoms with Crippen molar-refractivity contribution < 1.29 is 9.47 Å². The molecule has 2 saturated heterocycles. The van der Waals surface area contributed by atoms with Gasteiger partial charge in [-0.1, -0.05) is 27.7 Å². The molecule has 2 rings (SSSR count). The summed E-state index contributed by atoms with van der Waals surface area (Å²) in [6, 6.07) is 0. The first-order valence-electron chi connectivity index (χ1n) is 8.66. The summed E-state index contributed by atoms with van der Waals surface area (Å²) in [5.41, 5.74) is 0.929. The molecule has 2 nitrogen and oxygen atoms in total. The fourth-order valence-electron chi connectivity index (χ4n) is 4.22. The minimum Gasteiger partial charge on any atom is -0.381 e.